The molecule has 1 aliphatic heterocycles. The van der Waals surface area contributed by atoms with Crippen LogP contribution in [-0.2, 0) is 0 Å². The number of rotatable bonds is 3. The number of para-hydroxylation sites is 2. The lowest BCUT2D eigenvalue weighted by molar-refractivity contribution is 0.326. The van der Waals surface area contributed by atoms with Gasteiger partial charge in [0.1, 0.15) is 17.3 Å². The van der Waals surface area contributed by atoms with E-state index >= 15 is 0 Å². The largest absolute Gasteiger partial charge is 0.456 e. The molecule has 1 atom stereocenters. The fourth-order valence-corrected chi connectivity index (χ4v) is 5.72. The Bertz CT molecular complexity index is 1590. The minimum absolute atomic E-state index is 0.0481. The zero-order chi connectivity index (χ0) is 25.0. The first kappa shape index (κ1) is 22.5. The van der Waals surface area contributed by atoms with Crippen molar-refractivity contribution >= 4 is 39.0 Å². The summed E-state index contributed by atoms with van der Waals surface area (Å²) in [6.07, 6.45) is 0.0874. The van der Waals surface area contributed by atoms with Crippen molar-refractivity contribution in [2.24, 2.45) is 5.41 Å². The van der Waals surface area contributed by atoms with Crippen LogP contribution in [0.25, 0.3) is 27.6 Å². The molecule has 3 nitrogen and oxygen atoms in total. The molecule has 0 saturated carbocycles. The fourth-order valence-electron chi connectivity index (χ4n) is 5.72. The lowest BCUT2D eigenvalue weighted by atomic mass is 9.89. The van der Waals surface area contributed by atoms with Gasteiger partial charge in [0.05, 0.1) is 5.70 Å². The molecule has 0 N–H and O–H groups in total. The zero-order valence-corrected chi connectivity index (χ0v) is 21.6. The number of fused-ring (bicyclic) bond motifs is 3. The topological polar surface area (TPSA) is 19.6 Å². The van der Waals surface area contributed by atoms with Gasteiger partial charge in [0.15, 0.2) is 0 Å². The average Bonchev–Trinajstić information content (AvgIpc) is 3.39. The second-order valence-corrected chi connectivity index (χ2v) is 10.8. The van der Waals surface area contributed by atoms with Gasteiger partial charge in [-0.3, -0.25) is 0 Å². The van der Waals surface area contributed by atoms with E-state index in [1.165, 1.54) is 33.9 Å². The van der Waals surface area contributed by atoms with Gasteiger partial charge in [0.25, 0.3) is 0 Å². The van der Waals surface area contributed by atoms with Crippen molar-refractivity contribution in [3.05, 3.63) is 114 Å². The van der Waals surface area contributed by atoms with E-state index in [1.807, 2.05) is 12.1 Å². The molecular formula is C33H32N2O. The number of benzene rings is 4. The van der Waals surface area contributed by atoms with Gasteiger partial charge in [-0.1, -0.05) is 87.5 Å². The van der Waals surface area contributed by atoms with E-state index in [0.29, 0.717) is 0 Å². The van der Waals surface area contributed by atoms with Crippen molar-refractivity contribution in [2.45, 2.75) is 40.8 Å². The number of furan rings is 1. The van der Waals surface area contributed by atoms with E-state index in [-0.39, 0.29) is 11.6 Å². The van der Waals surface area contributed by atoms with Crippen LogP contribution < -0.4 is 9.80 Å². The van der Waals surface area contributed by atoms with E-state index in [1.54, 1.807) is 0 Å². The van der Waals surface area contributed by atoms with Crippen LogP contribution in [0.1, 0.15) is 38.8 Å². The standard InChI is InChI=1S/C33H32N2O/c1-22-20-30-27(26-18-12-13-19-29(26)36-30)21-28(22)34-23(2)31(24-14-8-6-9-15-24)35(32(34)33(3,4)5)25-16-10-7-11-17-25/h6-21,32H,1-5H3. The van der Waals surface area contributed by atoms with Crippen LogP contribution in [0.4, 0.5) is 11.4 Å². The summed E-state index contributed by atoms with van der Waals surface area (Å²) in [5.74, 6) is 0. The van der Waals surface area contributed by atoms with Crippen LogP contribution in [0.5, 0.6) is 0 Å². The van der Waals surface area contributed by atoms with Crippen molar-refractivity contribution in [3.8, 4) is 0 Å². The molecule has 6 rings (SSSR count). The van der Waals surface area contributed by atoms with E-state index in [2.05, 4.69) is 129 Å². The maximum absolute atomic E-state index is 6.21. The SMILES string of the molecule is CC1=C(c2ccccc2)N(c2ccccc2)C(C(C)(C)C)N1c1cc2c(cc1C)oc1ccccc12. The number of hydrogen-bond donors (Lipinski definition) is 0. The van der Waals surface area contributed by atoms with Crippen LogP contribution >= 0.6 is 0 Å². The molecule has 0 amide bonds. The van der Waals surface area contributed by atoms with Gasteiger partial charge < -0.3 is 14.2 Å². The first-order valence-electron chi connectivity index (χ1n) is 12.7. The van der Waals surface area contributed by atoms with Crippen molar-refractivity contribution in [1.82, 2.24) is 0 Å². The highest BCUT2D eigenvalue weighted by Gasteiger charge is 2.45. The van der Waals surface area contributed by atoms with E-state index < -0.39 is 0 Å². The Morgan fingerprint density at radius 3 is 2.00 bits per heavy atom. The molecule has 3 heteroatoms. The van der Waals surface area contributed by atoms with Gasteiger partial charge in [0.2, 0.25) is 0 Å². The number of allylic oxidation sites excluding steroid dienone is 1. The van der Waals surface area contributed by atoms with Crippen LogP contribution in [0.3, 0.4) is 0 Å². The Hall–Kier alpha value is -3.98. The minimum atomic E-state index is -0.0481. The van der Waals surface area contributed by atoms with E-state index in [4.69, 9.17) is 4.42 Å². The molecule has 0 fully saturated rings. The normalized spacial score (nSPS) is 16.5. The molecular weight excluding hydrogens is 440 g/mol. The molecule has 180 valence electrons. The predicted molar refractivity (Wildman–Crippen MR) is 152 cm³/mol. The summed E-state index contributed by atoms with van der Waals surface area (Å²) in [4.78, 5) is 5.08. The number of nitrogens with zero attached hydrogens (tertiary/aromatic N) is 2. The summed E-state index contributed by atoms with van der Waals surface area (Å²) in [7, 11) is 0. The lowest BCUT2D eigenvalue weighted by Crippen LogP contribution is -2.49. The van der Waals surface area contributed by atoms with E-state index in [0.717, 1.165) is 21.9 Å². The quantitative estimate of drug-likeness (QED) is 0.261. The molecule has 2 heterocycles. The van der Waals surface area contributed by atoms with Gasteiger partial charge in [-0.15, -0.1) is 0 Å². The lowest BCUT2D eigenvalue weighted by Gasteiger charge is -2.43. The highest BCUT2D eigenvalue weighted by atomic mass is 16.3. The number of hydrogen-bond acceptors (Lipinski definition) is 3. The number of anilines is 2. The van der Waals surface area contributed by atoms with Crippen molar-refractivity contribution in [2.75, 3.05) is 9.80 Å². The van der Waals surface area contributed by atoms with Crippen LogP contribution in [0, 0.1) is 12.3 Å². The smallest absolute Gasteiger partial charge is 0.135 e. The Labute approximate surface area is 213 Å². The summed E-state index contributed by atoms with van der Waals surface area (Å²) in [6.45, 7) is 11.5. The molecule has 1 unspecified atom stereocenters. The highest BCUT2D eigenvalue weighted by molar-refractivity contribution is 6.07. The summed E-state index contributed by atoms with van der Waals surface area (Å²) in [5.41, 5.74) is 9.17. The molecule has 1 aromatic heterocycles. The van der Waals surface area contributed by atoms with Crippen LogP contribution in [0.15, 0.2) is 107 Å². The van der Waals surface area contributed by atoms with Crippen LogP contribution in [0.2, 0.25) is 0 Å². The molecule has 36 heavy (non-hydrogen) atoms. The monoisotopic (exact) mass is 472 g/mol. The van der Waals surface area contributed by atoms with Crippen molar-refractivity contribution < 1.29 is 4.42 Å². The first-order chi connectivity index (χ1) is 17.3. The van der Waals surface area contributed by atoms with Crippen LogP contribution in [-0.4, -0.2) is 6.17 Å². The van der Waals surface area contributed by atoms with Gasteiger partial charge in [-0.05, 0) is 55.3 Å². The Morgan fingerprint density at radius 1 is 0.667 bits per heavy atom. The maximum atomic E-state index is 6.21. The summed E-state index contributed by atoms with van der Waals surface area (Å²) in [6, 6.07) is 34.4. The third-order valence-corrected chi connectivity index (χ3v) is 7.25. The second-order valence-electron chi connectivity index (χ2n) is 10.8. The van der Waals surface area contributed by atoms with Gasteiger partial charge in [0, 0.05) is 33.3 Å². The molecule has 0 aliphatic carbocycles. The summed E-state index contributed by atoms with van der Waals surface area (Å²) >= 11 is 0. The van der Waals surface area contributed by atoms with Crippen molar-refractivity contribution in [3.63, 3.8) is 0 Å². The predicted octanol–water partition coefficient (Wildman–Crippen LogP) is 8.98. The van der Waals surface area contributed by atoms with Gasteiger partial charge in [-0.25, -0.2) is 0 Å². The summed E-state index contributed by atoms with van der Waals surface area (Å²) < 4.78 is 6.21. The second kappa shape index (κ2) is 8.30. The Kier molecular flexibility index (Phi) is 5.19. The number of aryl methyl sites for hydroxylation is 1. The molecule has 0 saturated heterocycles. The molecule has 5 aromatic rings. The van der Waals surface area contributed by atoms with E-state index in [9.17, 15) is 0 Å². The van der Waals surface area contributed by atoms with Gasteiger partial charge >= 0.3 is 0 Å². The average molecular weight is 473 g/mol. The third kappa shape index (κ3) is 3.50. The van der Waals surface area contributed by atoms with Gasteiger partial charge in [-0.2, -0.15) is 0 Å². The zero-order valence-electron chi connectivity index (χ0n) is 21.6. The molecule has 0 radical (unpaired) electrons. The Balaban J connectivity index is 1.64. The Morgan fingerprint density at radius 2 is 1.31 bits per heavy atom. The van der Waals surface area contributed by atoms with Crippen molar-refractivity contribution in [1.29, 1.82) is 0 Å². The molecule has 1 aliphatic rings. The minimum Gasteiger partial charge on any atom is -0.456 e. The highest BCUT2D eigenvalue weighted by Crippen LogP contribution is 2.49. The first-order valence-corrected chi connectivity index (χ1v) is 12.7. The summed E-state index contributed by atoms with van der Waals surface area (Å²) in [5, 5.41) is 2.32. The fraction of sp³-hybridized carbons (Fsp3) is 0.212. The molecule has 0 spiro atoms. The molecule has 0 bridgehead atoms. The third-order valence-electron chi connectivity index (χ3n) is 7.25. The molecule has 4 aromatic carbocycles. The maximum Gasteiger partial charge on any atom is 0.135 e.